The molecule has 0 aromatic rings. The highest BCUT2D eigenvalue weighted by atomic mass is 16.5. The summed E-state index contributed by atoms with van der Waals surface area (Å²) in [5, 5.41) is 20.7. The maximum Gasteiger partial charge on any atom is 0.306 e. The van der Waals surface area contributed by atoms with E-state index in [9.17, 15) is 19.8 Å². The Bertz CT molecular complexity index is 969. The summed E-state index contributed by atoms with van der Waals surface area (Å²) in [6, 6.07) is 0. The third-order valence-electron chi connectivity index (χ3n) is 12.0. The van der Waals surface area contributed by atoms with E-state index in [0.29, 0.717) is 19.4 Å². The summed E-state index contributed by atoms with van der Waals surface area (Å²) in [4.78, 5) is 28.3. The van der Waals surface area contributed by atoms with Gasteiger partial charge in [0.25, 0.3) is 5.91 Å². The zero-order valence-electron chi connectivity index (χ0n) is 40.8. The molecule has 0 spiro atoms. The Labute approximate surface area is 379 Å². The first kappa shape index (κ1) is 59.3. The minimum Gasteiger partial charge on any atom is -0.452 e. The van der Waals surface area contributed by atoms with Crippen molar-refractivity contribution in [2.45, 2.75) is 277 Å². The van der Waals surface area contributed by atoms with E-state index < -0.39 is 12.2 Å². The molecule has 0 aliphatic rings. The Morgan fingerprint density at radius 1 is 0.525 bits per heavy atom. The van der Waals surface area contributed by atoms with Gasteiger partial charge in [0.15, 0.2) is 6.10 Å². The fraction of sp³-hybridized carbons (Fsp3) is 0.889. The number of rotatable bonds is 49. The van der Waals surface area contributed by atoms with Crippen LogP contribution in [-0.4, -0.2) is 72.1 Å². The first-order valence-electron chi connectivity index (χ1n) is 26.6. The maximum absolute atomic E-state index is 13.8. The number of carbonyl (C=O) groups is 2. The first-order valence-corrected chi connectivity index (χ1v) is 26.6. The van der Waals surface area contributed by atoms with Crippen LogP contribution in [0.5, 0.6) is 0 Å². The molecular formula is C54H103NO6. The number of aliphatic hydroxyl groups excluding tert-OH is 2. The van der Waals surface area contributed by atoms with Gasteiger partial charge in [0.2, 0.25) is 0 Å². The van der Waals surface area contributed by atoms with Crippen LogP contribution in [0.1, 0.15) is 265 Å². The van der Waals surface area contributed by atoms with Gasteiger partial charge < -0.3 is 24.6 Å². The highest BCUT2D eigenvalue weighted by molar-refractivity contribution is 5.84. The van der Waals surface area contributed by atoms with Crippen LogP contribution in [0.3, 0.4) is 0 Å². The van der Waals surface area contributed by atoms with Gasteiger partial charge >= 0.3 is 5.97 Å². The summed E-state index contributed by atoms with van der Waals surface area (Å²) >= 11 is 0. The van der Waals surface area contributed by atoms with E-state index in [1.807, 2.05) is 0 Å². The summed E-state index contributed by atoms with van der Waals surface area (Å²) in [7, 11) is 0. The molecule has 0 aliphatic heterocycles. The van der Waals surface area contributed by atoms with E-state index in [-0.39, 0.29) is 38.2 Å². The second-order valence-electron chi connectivity index (χ2n) is 18.1. The minimum absolute atomic E-state index is 0.0510. The van der Waals surface area contributed by atoms with Gasteiger partial charge in [0, 0.05) is 26.1 Å². The molecule has 2 N–H and O–H groups in total. The van der Waals surface area contributed by atoms with Crippen molar-refractivity contribution in [3.05, 3.63) is 24.3 Å². The van der Waals surface area contributed by atoms with Crippen molar-refractivity contribution in [3.63, 3.8) is 0 Å². The van der Waals surface area contributed by atoms with Gasteiger partial charge in [-0.15, -0.1) is 0 Å². The number of hydrogen-bond donors (Lipinski definition) is 2. The van der Waals surface area contributed by atoms with Crippen molar-refractivity contribution in [3.8, 4) is 0 Å². The second kappa shape index (κ2) is 49.3. The molecule has 0 heterocycles. The van der Waals surface area contributed by atoms with Gasteiger partial charge in [-0.25, -0.2) is 0 Å². The van der Waals surface area contributed by atoms with Crippen LogP contribution in [0.25, 0.3) is 0 Å². The Morgan fingerprint density at radius 2 is 0.934 bits per heavy atom. The quantitative estimate of drug-likeness (QED) is 0.0359. The molecular weight excluding hydrogens is 759 g/mol. The van der Waals surface area contributed by atoms with Crippen molar-refractivity contribution >= 4 is 11.9 Å². The van der Waals surface area contributed by atoms with Crippen LogP contribution in [0.2, 0.25) is 0 Å². The Kier molecular flexibility index (Phi) is 47.9. The summed E-state index contributed by atoms with van der Waals surface area (Å²) < 4.78 is 11.7. The van der Waals surface area contributed by atoms with Crippen LogP contribution in [-0.2, 0) is 19.1 Å². The third-order valence-corrected chi connectivity index (χ3v) is 12.0. The number of carbonyl (C=O) groups excluding carboxylic acids is 2. The Balaban J connectivity index is 4.63. The van der Waals surface area contributed by atoms with Gasteiger partial charge in [0.05, 0.1) is 19.3 Å². The Hall–Kier alpha value is -1.70. The molecule has 360 valence electrons. The molecule has 0 bridgehead atoms. The zero-order valence-corrected chi connectivity index (χ0v) is 40.8. The summed E-state index contributed by atoms with van der Waals surface area (Å²) in [5.41, 5.74) is 0. The molecule has 0 radical (unpaired) electrons. The van der Waals surface area contributed by atoms with Crippen molar-refractivity contribution in [1.82, 2.24) is 4.90 Å². The number of amides is 1. The monoisotopic (exact) mass is 862 g/mol. The van der Waals surface area contributed by atoms with Gasteiger partial charge in [-0.1, -0.05) is 225 Å². The van der Waals surface area contributed by atoms with E-state index in [1.165, 1.54) is 159 Å². The average Bonchev–Trinajstić information content (AvgIpc) is 3.25. The number of esters is 1. The largest absolute Gasteiger partial charge is 0.452 e. The molecule has 0 aliphatic carbocycles. The zero-order chi connectivity index (χ0) is 44.5. The van der Waals surface area contributed by atoms with Crippen LogP contribution < -0.4 is 0 Å². The normalized spacial score (nSPS) is 12.8. The standard InChI is InChI=1S/C54H103NO6/c1-4-7-10-13-16-19-22-24-26-27-30-33-36-39-42-45-53(58)61-52(44-41-38-35-32-29-21-18-15-12-9-6-3)54(59)55(46-47-56)49-51(57)50-60-48-43-40-37-34-31-28-25-23-20-17-14-11-8-5-2/h16,19,24,26,51-52,56-57H,4-15,17-18,20-23,25,27-50H2,1-3H3. The molecule has 0 fully saturated rings. The number of hydrogen-bond acceptors (Lipinski definition) is 6. The molecule has 0 rings (SSSR count). The molecule has 1 amide bonds. The number of allylic oxidation sites excluding steroid dienone is 4. The fourth-order valence-corrected chi connectivity index (χ4v) is 8.07. The van der Waals surface area contributed by atoms with E-state index in [4.69, 9.17) is 9.47 Å². The molecule has 0 saturated heterocycles. The highest BCUT2D eigenvalue weighted by Gasteiger charge is 2.28. The maximum atomic E-state index is 13.8. The van der Waals surface area contributed by atoms with Gasteiger partial charge in [-0.05, 0) is 57.8 Å². The molecule has 2 unspecified atom stereocenters. The fourth-order valence-electron chi connectivity index (χ4n) is 8.07. The first-order chi connectivity index (χ1) is 30.0. The van der Waals surface area contributed by atoms with Crippen LogP contribution >= 0.6 is 0 Å². The van der Waals surface area contributed by atoms with E-state index in [2.05, 4.69) is 45.1 Å². The molecule has 7 heteroatoms. The summed E-state index contributed by atoms with van der Waals surface area (Å²) in [6.45, 7) is 7.42. The number of nitrogens with zero attached hydrogens (tertiary/aromatic N) is 1. The Morgan fingerprint density at radius 3 is 1.43 bits per heavy atom. The molecule has 0 saturated carbocycles. The van der Waals surface area contributed by atoms with Gasteiger partial charge in [-0.3, -0.25) is 9.59 Å². The summed E-state index contributed by atoms with van der Waals surface area (Å²) in [5.74, 6) is -0.645. The minimum atomic E-state index is -0.890. The van der Waals surface area contributed by atoms with E-state index in [1.54, 1.807) is 0 Å². The lowest BCUT2D eigenvalue weighted by molar-refractivity contribution is -0.162. The van der Waals surface area contributed by atoms with E-state index in [0.717, 1.165) is 77.0 Å². The van der Waals surface area contributed by atoms with Crippen molar-refractivity contribution in [1.29, 1.82) is 0 Å². The lowest BCUT2D eigenvalue weighted by Gasteiger charge is -2.28. The predicted octanol–water partition coefficient (Wildman–Crippen LogP) is 15.1. The number of unbranched alkanes of at least 4 members (excludes halogenated alkanes) is 31. The van der Waals surface area contributed by atoms with Crippen molar-refractivity contribution in [2.75, 3.05) is 32.9 Å². The van der Waals surface area contributed by atoms with Crippen molar-refractivity contribution in [2.24, 2.45) is 0 Å². The predicted molar refractivity (Wildman–Crippen MR) is 261 cm³/mol. The molecule has 2 atom stereocenters. The summed E-state index contributed by atoms with van der Waals surface area (Å²) in [6.07, 6.45) is 52.0. The molecule has 0 aromatic carbocycles. The SMILES string of the molecule is CCCCCC=CCC=CCCCCCCCC(=O)OC(CCCCCCCCCCCCC)C(=O)N(CCO)CC(O)COCCCCCCCCCCCCCCCC. The van der Waals surface area contributed by atoms with Gasteiger partial charge in [0.1, 0.15) is 0 Å². The average molecular weight is 862 g/mol. The van der Waals surface area contributed by atoms with Crippen LogP contribution in [0.15, 0.2) is 24.3 Å². The molecule has 61 heavy (non-hydrogen) atoms. The molecule has 7 nitrogen and oxygen atoms in total. The number of aliphatic hydroxyl groups is 2. The van der Waals surface area contributed by atoms with Crippen LogP contribution in [0.4, 0.5) is 0 Å². The van der Waals surface area contributed by atoms with Crippen molar-refractivity contribution < 1.29 is 29.3 Å². The van der Waals surface area contributed by atoms with Gasteiger partial charge in [-0.2, -0.15) is 0 Å². The smallest absolute Gasteiger partial charge is 0.306 e. The number of ether oxygens (including phenoxy) is 2. The lowest BCUT2D eigenvalue weighted by Crippen LogP contribution is -2.46. The van der Waals surface area contributed by atoms with Crippen LogP contribution in [0, 0.1) is 0 Å². The topological polar surface area (TPSA) is 96.3 Å². The third kappa shape index (κ3) is 43.3. The van der Waals surface area contributed by atoms with E-state index >= 15 is 0 Å². The second-order valence-corrected chi connectivity index (χ2v) is 18.1. The lowest BCUT2D eigenvalue weighted by atomic mass is 10.0. The highest BCUT2D eigenvalue weighted by Crippen LogP contribution is 2.18. The molecule has 0 aromatic heterocycles.